The van der Waals surface area contributed by atoms with E-state index in [0.717, 1.165) is 5.56 Å². The zero-order valence-electron chi connectivity index (χ0n) is 9.83. The van der Waals surface area contributed by atoms with Crippen LogP contribution in [0.2, 0.25) is 0 Å². The molecule has 1 heterocycles. The Bertz CT molecular complexity index is 538. The van der Waals surface area contributed by atoms with Crippen LogP contribution in [0.5, 0.6) is 5.75 Å². The molecule has 1 aromatic heterocycles. The number of Topliss-reactive ketones (excluding diaryl/α,β-unsaturated/α-hetero) is 1. The number of carbonyl (C=O) groups is 1. The van der Waals surface area contributed by atoms with E-state index in [4.69, 9.17) is 5.11 Å². The molecule has 1 N–H and O–H groups in total. The Morgan fingerprint density at radius 2 is 1.83 bits per heavy atom. The summed E-state index contributed by atoms with van der Waals surface area (Å²) in [7, 11) is 0. The second-order valence-electron chi connectivity index (χ2n) is 3.80. The Kier molecular flexibility index (Phi) is 3.94. The van der Waals surface area contributed by atoms with Crippen molar-refractivity contribution >= 4 is 17.5 Å². The average molecular weight is 260 g/mol. The SMILES string of the molecule is Cc1cnc(SCC(=O)c2ccc(O)cc2)nc1. The van der Waals surface area contributed by atoms with Crippen LogP contribution in [0.3, 0.4) is 0 Å². The predicted octanol–water partition coefficient (Wildman–Crippen LogP) is 2.47. The van der Waals surface area contributed by atoms with Crippen molar-refractivity contribution in [3.63, 3.8) is 0 Å². The maximum absolute atomic E-state index is 11.8. The van der Waals surface area contributed by atoms with E-state index in [1.54, 1.807) is 24.5 Å². The normalized spacial score (nSPS) is 10.3. The van der Waals surface area contributed by atoms with Gasteiger partial charge < -0.3 is 5.11 Å². The largest absolute Gasteiger partial charge is 0.508 e. The lowest BCUT2D eigenvalue weighted by Crippen LogP contribution is -2.02. The van der Waals surface area contributed by atoms with Crippen molar-refractivity contribution in [1.82, 2.24) is 9.97 Å². The molecule has 0 aliphatic carbocycles. The molecule has 2 rings (SSSR count). The summed E-state index contributed by atoms with van der Waals surface area (Å²) in [5.41, 5.74) is 1.57. The molecular weight excluding hydrogens is 248 g/mol. The molecule has 18 heavy (non-hydrogen) atoms. The van der Waals surface area contributed by atoms with Crippen molar-refractivity contribution in [1.29, 1.82) is 0 Å². The van der Waals surface area contributed by atoms with Crippen molar-refractivity contribution in [2.24, 2.45) is 0 Å². The molecule has 2 aromatic rings. The van der Waals surface area contributed by atoms with Crippen LogP contribution in [0.25, 0.3) is 0 Å². The topological polar surface area (TPSA) is 63.1 Å². The zero-order valence-corrected chi connectivity index (χ0v) is 10.6. The minimum absolute atomic E-state index is 0.0100. The molecule has 0 fully saturated rings. The van der Waals surface area contributed by atoms with Crippen LogP contribution < -0.4 is 0 Å². The first-order valence-electron chi connectivity index (χ1n) is 5.39. The number of aryl methyl sites for hydroxylation is 1. The first-order chi connectivity index (χ1) is 8.65. The van der Waals surface area contributed by atoms with Gasteiger partial charge in [0.05, 0.1) is 5.75 Å². The summed E-state index contributed by atoms with van der Waals surface area (Å²) < 4.78 is 0. The number of ketones is 1. The Hall–Kier alpha value is -1.88. The van der Waals surface area contributed by atoms with Gasteiger partial charge in [-0.05, 0) is 36.8 Å². The quantitative estimate of drug-likeness (QED) is 0.520. The van der Waals surface area contributed by atoms with Gasteiger partial charge in [0.2, 0.25) is 0 Å². The van der Waals surface area contributed by atoms with Gasteiger partial charge in [-0.15, -0.1) is 0 Å². The van der Waals surface area contributed by atoms with Gasteiger partial charge in [0.15, 0.2) is 10.9 Å². The van der Waals surface area contributed by atoms with Crippen LogP contribution in [0.4, 0.5) is 0 Å². The van der Waals surface area contributed by atoms with Crippen LogP contribution in [-0.4, -0.2) is 26.6 Å². The Morgan fingerprint density at radius 1 is 1.22 bits per heavy atom. The van der Waals surface area contributed by atoms with E-state index >= 15 is 0 Å². The molecule has 0 spiro atoms. The number of nitrogens with zero attached hydrogens (tertiary/aromatic N) is 2. The van der Waals surface area contributed by atoms with Crippen LogP contribution in [-0.2, 0) is 0 Å². The van der Waals surface area contributed by atoms with E-state index in [1.165, 1.54) is 23.9 Å². The van der Waals surface area contributed by atoms with E-state index in [-0.39, 0.29) is 17.3 Å². The first-order valence-corrected chi connectivity index (χ1v) is 6.37. The number of carbonyl (C=O) groups excluding carboxylic acids is 1. The monoisotopic (exact) mass is 260 g/mol. The number of thioether (sulfide) groups is 1. The Labute approximate surface area is 109 Å². The van der Waals surface area contributed by atoms with Crippen LogP contribution in [0, 0.1) is 6.92 Å². The maximum atomic E-state index is 11.8. The highest BCUT2D eigenvalue weighted by atomic mass is 32.2. The van der Waals surface area contributed by atoms with Gasteiger partial charge in [0.25, 0.3) is 0 Å². The second kappa shape index (κ2) is 5.64. The molecule has 0 amide bonds. The number of rotatable bonds is 4. The predicted molar refractivity (Wildman–Crippen MR) is 69.9 cm³/mol. The maximum Gasteiger partial charge on any atom is 0.187 e. The van der Waals surface area contributed by atoms with Gasteiger partial charge in [0, 0.05) is 18.0 Å². The number of hydrogen-bond acceptors (Lipinski definition) is 5. The summed E-state index contributed by atoms with van der Waals surface area (Å²) in [4.78, 5) is 20.1. The molecule has 0 atom stereocenters. The highest BCUT2D eigenvalue weighted by molar-refractivity contribution is 7.99. The third-order valence-electron chi connectivity index (χ3n) is 2.28. The average Bonchev–Trinajstić information content (AvgIpc) is 2.38. The number of hydrogen-bond donors (Lipinski definition) is 1. The molecule has 4 nitrogen and oxygen atoms in total. The van der Waals surface area contributed by atoms with Crippen LogP contribution >= 0.6 is 11.8 Å². The fourth-order valence-electron chi connectivity index (χ4n) is 1.32. The van der Waals surface area contributed by atoms with Crippen molar-refractivity contribution in [3.8, 4) is 5.75 Å². The van der Waals surface area contributed by atoms with E-state index in [9.17, 15) is 4.79 Å². The van der Waals surface area contributed by atoms with Gasteiger partial charge in [-0.25, -0.2) is 9.97 Å². The van der Waals surface area contributed by atoms with E-state index in [0.29, 0.717) is 10.7 Å². The Morgan fingerprint density at radius 3 is 2.44 bits per heavy atom. The van der Waals surface area contributed by atoms with Crippen molar-refractivity contribution in [2.45, 2.75) is 12.1 Å². The zero-order chi connectivity index (χ0) is 13.0. The van der Waals surface area contributed by atoms with Crippen LogP contribution in [0.15, 0.2) is 41.8 Å². The summed E-state index contributed by atoms with van der Waals surface area (Å²) in [5.74, 6) is 0.429. The molecule has 0 radical (unpaired) electrons. The number of aromatic nitrogens is 2. The fraction of sp³-hybridized carbons (Fsp3) is 0.154. The standard InChI is InChI=1S/C13H12N2O2S/c1-9-6-14-13(15-7-9)18-8-12(17)10-2-4-11(16)5-3-10/h2-7,16H,8H2,1H3. The van der Waals surface area contributed by atoms with Gasteiger partial charge in [-0.2, -0.15) is 0 Å². The van der Waals surface area contributed by atoms with Gasteiger partial charge in [-0.1, -0.05) is 11.8 Å². The Balaban J connectivity index is 1.96. The molecular formula is C13H12N2O2S. The highest BCUT2D eigenvalue weighted by Crippen LogP contribution is 2.16. The summed E-state index contributed by atoms with van der Waals surface area (Å²) in [6, 6.07) is 6.21. The molecule has 92 valence electrons. The van der Waals surface area contributed by atoms with E-state index in [1.807, 2.05) is 6.92 Å². The number of phenolic OH excluding ortho intramolecular Hbond substituents is 1. The lowest BCUT2D eigenvalue weighted by Gasteiger charge is -2.01. The molecule has 0 saturated carbocycles. The smallest absolute Gasteiger partial charge is 0.187 e. The van der Waals surface area contributed by atoms with Gasteiger partial charge in [0.1, 0.15) is 5.75 Å². The van der Waals surface area contributed by atoms with Crippen LogP contribution in [0.1, 0.15) is 15.9 Å². The molecule has 0 aliphatic rings. The highest BCUT2D eigenvalue weighted by Gasteiger charge is 2.07. The van der Waals surface area contributed by atoms with E-state index < -0.39 is 0 Å². The lowest BCUT2D eigenvalue weighted by atomic mass is 10.1. The number of benzene rings is 1. The second-order valence-corrected chi connectivity index (χ2v) is 4.74. The number of phenols is 1. The molecule has 0 saturated heterocycles. The molecule has 1 aromatic carbocycles. The first kappa shape index (κ1) is 12.6. The summed E-state index contributed by atoms with van der Waals surface area (Å²) in [6.45, 7) is 1.91. The van der Waals surface area contributed by atoms with Crippen molar-refractivity contribution in [3.05, 3.63) is 47.8 Å². The molecule has 0 bridgehead atoms. The molecule has 0 aliphatic heterocycles. The number of aromatic hydroxyl groups is 1. The van der Waals surface area contributed by atoms with Crippen molar-refractivity contribution < 1.29 is 9.90 Å². The lowest BCUT2D eigenvalue weighted by molar-refractivity contribution is 0.102. The molecule has 5 heteroatoms. The summed E-state index contributed by atoms with van der Waals surface area (Å²) in [6.07, 6.45) is 3.45. The van der Waals surface area contributed by atoms with Gasteiger partial charge >= 0.3 is 0 Å². The van der Waals surface area contributed by atoms with Crippen molar-refractivity contribution in [2.75, 3.05) is 5.75 Å². The molecule has 0 unspecified atom stereocenters. The minimum atomic E-state index is -0.0100. The minimum Gasteiger partial charge on any atom is -0.508 e. The third kappa shape index (κ3) is 3.30. The van der Waals surface area contributed by atoms with E-state index in [2.05, 4.69) is 9.97 Å². The summed E-state index contributed by atoms with van der Waals surface area (Å²) >= 11 is 1.30. The third-order valence-corrected chi connectivity index (χ3v) is 3.15. The van der Waals surface area contributed by atoms with Gasteiger partial charge in [-0.3, -0.25) is 4.79 Å². The summed E-state index contributed by atoms with van der Waals surface area (Å²) in [5, 5.41) is 9.73. The fourth-order valence-corrected chi connectivity index (χ4v) is 2.00.